The molecule has 146 valence electrons. The van der Waals surface area contributed by atoms with Gasteiger partial charge in [-0.15, -0.1) is 0 Å². The number of aryl methyl sites for hydroxylation is 3. The first-order valence-corrected chi connectivity index (χ1v) is 11.1. The molecule has 2 rings (SSSR count). The van der Waals surface area contributed by atoms with Crippen LogP contribution in [0.5, 0.6) is 0 Å². The van der Waals surface area contributed by atoms with Crippen molar-refractivity contribution in [3.8, 4) is 0 Å². The van der Waals surface area contributed by atoms with Gasteiger partial charge in [-0.25, -0.2) is 8.42 Å². The van der Waals surface area contributed by atoms with Gasteiger partial charge in [0.1, 0.15) is 0 Å². The fourth-order valence-electron chi connectivity index (χ4n) is 3.12. The van der Waals surface area contributed by atoms with Crippen LogP contribution in [0.15, 0.2) is 42.5 Å². The van der Waals surface area contributed by atoms with Crippen LogP contribution >= 0.6 is 0 Å². The van der Waals surface area contributed by atoms with Gasteiger partial charge < -0.3 is 5.32 Å². The lowest BCUT2D eigenvalue weighted by atomic mass is 10.0. The second-order valence-electron chi connectivity index (χ2n) is 6.58. The summed E-state index contributed by atoms with van der Waals surface area (Å²) in [6.45, 7) is 6.06. The highest BCUT2D eigenvalue weighted by Crippen LogP contribution is 2.24. The van der Waals surface area contributed by atoms with E-state index in [1.165, 1.54) is 10.6 Å². The third-order valence-corrected chi connectivity index (χ3v) is 5.77. The smallest absolute Gasteiger partial charge is 0.232 e. The quantitative estimate of drug-likeness (QED) is 0.745. The first kappa shape index (κ1) is 21.0. The maximum Gasteiger partial charge on any atom is 0.232 e. The molecule has 0 atom stereocenters. The van der Waals surface area contributed by atoms with Gasteiger partial charge in [-0.2, -0.15) is 0 Å². The molecule has 2 aromatic carbocycles. The summed E-state index contributed by atoms with van der Waals surface area (Å²) in [5, 5.41) is 2.99. The van der Waals surface area contributed by atoms with Gasteiger partial charge in [0.15, 0.2) is 0 Å². The van der Waals surface area contributed by atoms with Crippen molar-refractivity contribution in [3.05, 3.63) is 59.2 Å². The van der Waals surface area contributed by atoms with Gasteiger partial charge in [0, 0.05) is 18.7 Å². The normalized spacial score (nSPS) is 11.3. The lowest BCUT2D eigenvalue weighted by molar-refractivity contribution is -0.116. The largest absolute Gasteiger partial charge is 0.326 e. The third kappa shape index (κ3) is 5.32. The molecule has 1 N–H and O–H groups in total. The highest BCUT2D eigenvalue weighted by atomic mass is 32.2. The standard InChI is InChI=1S/C21H28N2O3S/c1-5-17-11-9-12-18(6-2)21(17)22-20(24)14-15-23(27(4,25)26)19-13-8-7-10-16(19)3/h7-13H,5-6,14-15H2,1-4H3,(H,22,24). The van der Waals surface area contributed by atoms with E-state index in [1.807, 2.05) is 51.1 Å². The number of hydrogen-bond donors (Lipinski definition) is 1. The molecule has 1 amide bonds. The molecule has 0 heterocycles. The monoisotopic (exact) mass is 388 g/mol. The average Bonchev–Trinajstić information content (AvgIpc) is 2.62. The SMILES string of the molecule is CCc1cccc(CC)c1NC(=O)CCN(c1ccccc1C)S(C)(=O)=O. The number of rotatable bonds is 8. The molecule has 0 saturated heterocycles. The minimum absolute atomic E-state index is 0.0859. The molecular formula is C21H28N2O3S. The molecule has 0 bridgehead atoms. The first-order valence-electron chi connectivity index (χ1n) is 9.21. The summed E-state index contributed by atoms with van der Waals surface area (Å²) in [5.74, 6) is -0.187. The fourth-order valence-corrected chi connectivity index (χ4v) is 4.10. The van der Waals surface area contributed by atoms with Crippen LogP contribution in [0.3, 0.4) is 0 Å². The summed E-state index contributed by atoms with van der Waals surface area (Å²) in [4.78, 5) is 12.6. The lowest BCUT2D eigenvalue weighted by Gasteiger charge is -2.24. The van der Waals surface area contributed by atoms with E-state index in [0.717, 1.165) is 35.2 Å². The van der Waals surface area contributed by atoms with Crippen molar-refractivity contribution in [1.29, 1.82) is 0 Å². The van der Waals surface area contributed by atoms with E-state index in [1.54, 1.807) is 12.1 Å². The van der Waals surface area contributed by atoms with E-state index in [2.05, 4.69) is 5.32 Å². The minimum Gasteiger partial charge on any atom is -0.326 e. The first-order chi connectivity index (χ1) is 12.8. The molecule has 0 unspecified atom stereocenters. The van der Waals surface area contributed by atoms with Crippen LogP contribution in [-0.4, -0.2) is 27.1 Å². The van der Waals surface area contributed by atoms with Crippen molar-refractivity contribution < 1.29 is 13.2 Å². The lowest BCUT2D eigenvalue weighted by Crippen LogP contribution is -2.33. The molecule has 0 aliphatic heterocycles. The van der Waals surface area contributed by atoms with Crippen LogP contribution < -0.4 is 9.62 Å². The molecule has 5 nitrogen and oxygen atoms in total. The molecule has 0 aliphatic rings. The summed E-state index contributed by atoms with van der Waals surface area (Å²) >= 11 is 0. The van der Waals surface area contributed by atoms with Crippen molar-refractivity contribution >= 4 is 27.3 Å². The van der Waals surface area contributed by atoms with Gasteiger partial charge in [0.2, 0.25) is 15.9 Å². The molecule has 0 aromatic heterocycles. The predicted molar refractivity (Wildman–Crippen MR) is 112 cm³/mol. The van der Waals surface area contributed by atoms with Gasteiger partial charge in [0.05, 0.1) is 11.9 Å². The Morgan fingerprint density at radius 3 is 2.11 bits per heavy atom. The molecule has 0 aliphatic carbocycles. The summed E-state index contributed by atoms with van der Waals surface area (Å²) < 4.78 is 25.8. The van der Waals surface area contributed by atoms with Gasteiger partial charge >= 0.3 is 0 Å². The van der Waals surface area contributed by atoms with Gasteiger partial charge in [-0.3, -0.25) is 9.10 Å². The maximum absolute atomic E-state index is 12.6. The zero-order chi connectivity index (χ0) is 20.0. The number of carbonyl (C=O) groups is 1. The van der Waals surface area contributed by atoms with E-state index in [9.17, 15) is 13.2 Å². The third-order valence-electron chi connectivity index (χ3n) is 4.59. The Bertz CT molecular complexity index is 885. The molecule has 0 fully saturated rings. The van der Waals surface area contributed by atoms with Crippen molar-refractivity contribution in [3.63, 3.8) is 0 Å². The molecule has 2 aromatic rings. The van der Waals surface area contributed by atoms with Crippen molar-refractivity contribution in [2.24, 2.45) is 0 Å². The number of nitrogens with one attached hydrogen (secondary N) is 1. The summed E-state index contributed by atoms with van der Waals surface area (Å²) in [6, 6.07) is 13.3. The topological polar surface area (TPSA) is 66.5 Å². The van der Waals surface area contributed by atoms with E-state index >= 15 is 0 Å². The average molecular weight is 389 g/mol. The van der Waals surface area contributed by atoms with Crippen molar-refractivity contribution in [2.45, 2.75) is 40.0 Å². The van der Waals surface area contributed by atoms with E-state index in [-0.39, 0.29) is 18.9 Å². The van der Waals surface area contributed by atoms with Crippen molar-refractivity contribution in [1.82, 2.24) is 0 Å². The molecule has 0 radical (unpaired) electrons. The summed E-state index contributed by atoms with van der Waals surface area (Å²) in [5.41, 5.74) is 4.49. The highest BCUT2D eigenvalue weighted by molar-refractivity contribution is 7.92. The molecular weight excluding hydrogens is 360 g/mol. The summed E-state index contributed by atoms with van der Waals surface area (Å²) in [7, 11) is -3.48. The van der Waals surface area contributed by atoms with E-state index < -0.39 is 10.0 Å². The number of carbonyl (C=O) groups excluding carboxylic acids is 1. The predicted octanol–water partition coefficient (Wildman–Crippen LogP) is 3.91. The number of para-hydroxylation sites is 2. The van der Waals surface area contributed by atoms with Gasteiger partial charge in [0.25, 0.3) is 0 Å². The Morgan fingerprint density at radius 1 is 1.00 bits per heavy atom. The minimum atomic E-state index is -3.48. The van der Waals surface area contributed by atoms with E-state index in [4.69, 9.17) is 0 Å². The van der Waals surface area contributed by atoms with Crippen LogP contribution in [0.4, 0.5) is 11.4 Å². The van der Waals surface area contributed by atoms with Crippen LogP contribution in [-0.2, 0) is 27.7 Å². The Hall–Kier alpha value is -2.34. The van der Waals surface area contributed by atoms with E-state index in [0.29, 0.717) is 5.69 Å². The number of amides is 1. The van der Waals surface area contributed by atoms with Gasteiger partial charge in [-0.1, -0.05) is 50.2 Å². The van der Waals surface area contributed by atoms with Gasteiger partial charge in [-0.05, 0) is 42.5 Å². The number of benzene rings is 2. The fraction of sp³-hybridized carbons (Fsp3) is 0.381. The Kier molecular flexibility index (Phi) is 7.02. The van der Waals surface area contributed by atoms with Crippen LogP contribution in [0, 0.1) is 6.92 Å². The molecule has 0 saturated carbocycles. The Morgan fingerprint density at radius 2 is 1.59 bits per heavy atom. The number of hydrogen-bond acceptors (Lipinski definition) is 3. The van der Waals surface area contributed by atoms with Crippen LogP contribution in [0.1, 0.15) is 37.0 Å². The zero-order valence-electron chi connectivity index (χ0n) is 16.5. The molecule has 0 spiro atoms. The molecule has 6 heteroatoms. The number of sulfonamides is 1. The highest BCUT2D eigenvalue weighted by Gasteiger charge is 2.20. The Balaban J connectivity index is 2.17. The van der Waals surface area contributed by atoms with Crippen molar-refractivity contribution in [2.75, 3.05) is 22.4 Å². The maximum atomic E-state index is 12.6. The number of anilines is 2. The van der Waals surface area contributed by atoms with Crippen LogP contribution in [0.2, 0.25) is 0 Å². The number of nitrogens with zero attached hydrogens (tertiary/aromatic N) is 1. The molecule has 27 heavy (non-hydrogen) atoms. The zero-order valence-corrected chi connectivity index (χ0v) is 17.3. The Labute approximate surface area is 162 Å². The second-order valence-corrected chi connectivity index (χ2v) is 8.48. The second kappa shape index (κ2) is 9.04. The summed E-state index contributed by atoms with van der Waals surface area (Å²) in [6.07, 6.45) is 2.89. The van der Waals surface area contributed by atoms with Crippen LogP contribution in [0.25, 0.3) is 0 Å².